The summed E-state index contributed by atoms with van der Waals surface area (Å²) in [5, 5.41) is -0.494. The summed E-state index contributed by atoms with van der Waals surface area (Å²) in [6, 6.07) is 8.45. The standard InChI is InChI=1S/C19H20F3NO2S/c20-15-3-5-17(6-4-15)26(24,25)18-8-11-23(12-9-18)10-7-14-1-2-16(21)13-19(14)22/h1-6,13,18H,7-12H2. The molecule has 26 heavy (non-hydrogen) atoms. The van der Waals surface area contributed by atoms with Gasteiger partial charge in [0.25, 0.3) is 0 Å². The fourth-order valence-electron chi connectivity index (χ4n) is 3.26. The molecule has 0 N–H and O–H groups in total. The molecule has 0 unspecified atom stereocenters. The van der Waals surface area contributed by atoms with Crippen LogP contribution < -0.4 is 0 Å². The Labute approximate surface area is 151 Å². The van der Waals surface area contributed by atoms with Crippen LogP contribution in [0.1, 0.15) is 18.4 Å². The van der Waals surface area contributed by atoms with Crippen LogP contribution in [0.4, 0.5) is 13.2 Å². The molecule has 140 valence electrons. The lowest BCUT2D eigenvalue weighted by atomic mass is 10.1. The molecule has 0 spiro atoms. The van der Waals surface area contributed by atoms with Gasteiger partial charge in [0.1, 0.15) is 17.5 Å². The third kappa shape index (κ3) is 4.27. The Hall–Kier alpha value is -1.86. The number of benzene rings is 2. The molecule has 3 nitrogen and oxygen atoms in total. The summed E-state index contributed by atoms with van der Waals surface area (Å²) in [5.41, 5.74) is 0.451. The lowest BCUT2D eigenvalue weighted by molar-refractivity contribution is 0.232. The van der Waals surface area contributed by atoms with Crippen molar-refractivity contribution in [3.63, 3.8) is 0 Å². The second-order valence-electron chi connectivity index (χ2n) is 6.53. The highest BCUT2D eigenvalue weighted by Crippen LogP contribution is 2.25. The van der Waals surface area contributed by atoms with Crippen molar-refractivity contribution in [2.75, 3.05) is 19.6 Å². The zero-order chi connectivity index (χ0) is 18.7. The van der Waals surface area contributed by atoms with Crippen LogP contribution in [0.2, 0.25) is 0 Å². The smallest absolute Gasteiger partial charge is 0.181 e. The van der Waals surface area contributed by atoms with Crippen molar-refractivity contribution in [3.05, 3.63) is 65.5 Å². The first-order chi connectivity index (χ1) is 12.4. The fourth-order valence-corrected chi connectivity index (χ4v) is 4.99. The van der Waals surface area contributed by atoms with Crippen LogP contribution in [0.3, 0.4) is 0 Å². The number of hydrogen-bond acceptors (Lipinski definition) is 3. The van der Waals surface area contributed by atoms with Crippen molar-refractivity contribution >= 4 is 9.84 Å². The third-order valence-corrected chi connectivity index (χ3v) is 7.11. The topological polar surface area (TPSA) is 37.4 Å². The molecule has 1 aliphatic rings. The van der Waals surface area contributed by atoms with Crippen molar-refractivity contribution in [3.8, 4) is 0 Å². The Bertz CT molecular complexity index is 861. The molecular formula is C19H20F3NO2S. The van der Waals surface area contributed by atoms with Crippen molar-refractivity contribution in [2.45, 2.75) is 29.4 Å². The molecule has 2 aromatic rings. The van der Waals surface area contributed by atoms with E-state index in [4.69, 9.17) is 0 Å². The molecule has 0 atom stereocenters. The van der Waals surface area contributed by atoms with Gasteiger partial charge in [0, 0.05) is 12.6 Å². The molecule has 0 amide bonds. The molecule has 2 aromatic carbocycles. The minimum Gasteiger partial charge on any atom is -0.303 e. The van der Waals surface area contributed by atoms with Gasteiger partial charge >= 0.3 is 0 Å². The van der Waals surface area contributed by atoms with Crippen LogP contribution in [-0.4, -0.2) is 38.2 Å². The predicted octanol–water partition coefficient (Wildman–Crippen LogP) is 3.58. The molecular weight excluding hydrogens is 363 g/mol. The summed E-state index contributed by atoms with van der Waals surface area (Å²) >= 11 is 0. The Balaban J connectivity index is 1.56. The maximum absolute atomic E-state index is 13.7. The summed E-state index contributed by atoms with van der Waals surface area (Å²) < 4.78 is 64.9. The highest BCUT2D eigenvalue weighted by atomic mass is 32.2. The molecule has 1 heterocycles. The van der Waals surface area contributed by atoms with Gasteiger partial charge in [0.2, 0.25) is 0 Å². The van der Waals surface area contributed by atoms with Crippen LogP contribution in [-0.2, 0) is 16.3 Å². The van der Waals surface area contributed by atoms with Gasteiger partial charge in [-0.2, -0.15) is 0 Å². The first-order valence-electron chi connectivity index (χ1n) is 8.52. The van der Waals surface area contributed by atoms with Crippen molar-refractivity contribution in [2.24, 2.45) is 0 Å². The molecule has 1 aliphatic heterocycles. The third-order valence-electron chi connectivity index (χ3n) is 4.83. The van der Waals surface area contributed by atoms with Crippen molar-refractivity contribution in [1.29, 1.82) is 0 Å². The molecule has 7 heteroatoms. The molecule has 3 rings (SSSR count). The van der Waals surface area contributed by atoms with Gasteiger partial charge in [0.15, 0.2) is 9.84 Å². The van der Waals surface area contributed by atoms with Gasteiger partial charge in [-0.15, -0.1) is 0 Å². The number of likely N-dealkylation sites (tertiary alicyclic amines) is 1. The molecule has 1 saturated heterocycles. The number of hydrogen-bond donors (Lipinski definition) is 0. The van der Waals surface area contributed by atoms with Crippen molar-refractivity contribution in [1.82, 2.24) is 4.90 Å². The minimum absolute atomic E-state index is 0.144. The molecule has 0 saturated carbocycles. The van der Waals surface area contributed by atoms with E-state index >= 15 is 0 Å². The van der Waals surface area contributed by atoms with E-state index in [1.54, 1.807) is 0 Å². The Morgan fingerprint density at radius 1 is 0.923 bits per heavy atom. The monoisotopic (exact) mass is 383 g/mol. The van der Waals surface area contributed by atoms with Gasteiger partial charge in [0.05, 0.1) is 10.1 Å². The maximum atomic E-state index is 13.7. The molecule has 0 bridgehead atoms. The maximum Gasteiger partial charge on any atom is 0.181 e. The quantitative estimate of drug-likeness (QED) is 0.741. The average molecular weight is 383 g/mol. The van der Waals surface area contributed by atoms with Gasteiger partial charge < -0.3 is 4.90 Å². The Morgan fingerprint density at radius 2 is 1.54 bits per heavy atom. The van der Waals surface area contributed by atoms with Gasteiger partial charge in [-0.05, 0) is 68.2 Å². The molecule has 0 aromatic heterocycles. The van der Waals surface area contributed by atoms with E-state index in [2.05, 4.69) is 4.90 Å². The zero-order valence-electron chi connectivity index (χ0n) is 14.2. The summed E-state index contributed by atoms with van der Waals surface area (Å²) in [6.07, 6.45) is 1.40. The largest absolute Gasteiger partial charge is 0.303 e. The average Bonchev–Trinajstić information content (AvgIpc) is 2.62. The van der Waals surface area contributed by atoms with E-state index in [1.165, 1.54) is 24.3 Å². The highest BCUT2D eigenvalue weighted by molar-refractivity contribution is 7.92. The van der Waals surface area contributed by atoms with E-state index in [0.29, 0.717) is 44.5 Å². The van der Waals surface area contributed by atoms with E-state index in [-0.39, 0.29) is 4.90 Å². The van der Waals surface area contributed by atoms with E-state index in [1.807, 2.05) is 0 Å². The van der Waals surface area contributed by atoms with E-state index in [0.717, 1.165) is 18.2 Å². The van der Waals surface area contributed by atoms with Gasteiger partial charge in [-0.3, -0.25) is 0 Å². The fraction of sp³-hybridized carbons (Fsp3) is 0.368. The Kier molecular flexibility index (Phi) is 5.67. The lowest BCUT2D eigenvalue weighted by Crippen LogP contribution is -2.40. The second kappa shape index (κ2) is 7.80. The number of rotatable bonds is 5. The van der Waals surface area contributed by atoms with Crippen LogP contribution in [0.5, 0.6) is 0 Å². The summed E-state index contributed by atoms with van der Waals surface area (Å²) in [7, 11) is -3.48. The number of piperidine rings is 1. The van der Waals surface area contributed by atoms with Gasteiger partial charge in [-0.1, -0.05) is 6.07 Å². The zero-order valence-corrected chi connectivity index (χ0v) is 15.0. The van der Waals surface area contributed by atoms with Crippen LogP contribution in [0, 0.1) is 17.5 Å². The summed E-state index contributed by atoms with van der Waals surface area (Å²) in [5.74, 6) is -1.62. The predicted molar refractivity (Wildman–Crippen MR) is 93.1 cm³/mol. The minimum atomic E-state index is -3.48. The normalized spacial score (nSPS) is 16.7. The molecule has 0 radical (unpaired) electrons. The molecule has 0 aliphatic carbocycles. The lowest BCUT2D eigenvalue weighted by Gasteiger charge is -2.31. The van der Waals surface area contributed by atoms with Crippen molar-refractivity contribution < 1.29 is 21.6 Å². The number of nitrogens with zero attached hydrogens (tertiary/aromatic N) is 1. The van der Waals surface area contributed by atoms with E-state index in [9.17, 15) is 21.6 Å². The van der Waals surface area contributed by atoms with Crippen LogP contribution in [0.25, 0.3) is 0 Å². The van der Waals surface area contributed by atoms with Gasteiger partial charge in [-0.25, -0.2) is 21.6 Å². The second-order valence-corrected chi connectivity index (χ2v) is 8.75. The SMILES string of the molecule is O=S(=O)(c1ccc(F)cc1)C1CCN(CCc2ccc(F)cc2F)CC1. The Morgan fingerprint density at radius 3 is 2.15 bits per heavy atom. The summed E-state index contributed by atoms with van der Waals surface area (Å²) in [4.78, 5) is 2.23. The first kappa shape index (κ1) is 18.9. The number of sulfone groups is 1. The van der Waals surface area contributed by atoms with Crippen LogP contribution >= 0.6 is 0 Å². The highest BCUT2D eigenvalue weighted by Gasteiger charge is 2.31. The summed E-state index contributed by atoms with van der Waals surface area (Å²) in [6.45, 7) is 1.77. The first-order valence-corrected chi connectivity index (χ1v) is 10.1. The number of halogens is 3. The van der Waals surface area contributed by atoms with E-state index < -0.39 is 32.5 Å². The molecule has 1 fully saturated rings. The van der Waals surface area contributed by atoms with Crippen LogP contribution in [0.15, 0.2) is 47.4 Å².